The van der Waals surface area contributed by atoms with E-state index in [1.807, 2.05) is 0 Å². The van der Waals surface area contributed by atoms with Gasteiger partial charge in [-0.25, -0.2) is 18.9 Å². The maximum atomic E-state index is 12.8. The summed E-state index contributed by atoms with van der Waals surface area (Å²) in [6.45, 7) is -0.895. The maximum absolute atomic E-state index is 12.8. The van der Waals surface area contributed by atoms with Crippen molar-refractivity contribution in [1.82, 2.24) is 19.6 Å². The fourth-order valence-corrected chi connectivity index (χ4v) is 2.02. The summed E-state index contributed by atoms with van der Waals surface area (Å²) >= 11 is 0. The summed E-state index contributed by atoms with van der Waals surface area (Å²) in [5, 5.41) is 3.93. The first-order valence-corrected chi connectivity index (χ1v) is 7.35. The molecule has 0 aromatic carbocycles. The van der Waals surface area contributed by atoms with E-state index in [1.165, 1.54) is 17.0 Å². The van der Waals surface area contributed by atoms with Crippen molar-refractivity contribution < 1.29 is 23.5 Å². The zero-order valence-corrected chi connectivity index (χ0v) is 11.2. The van der Waals surface area contributed by atoms with Crippen molar-refractivity contribution in [3.63, 3.8) is 0 Å². The van der Waals surface area contributed by atoms with Gasteiger partial charge in [0.2, 0.25) is 0 Å². The first kappa shape index (κ1) is 14.8. The van der Waals surface area contributed by atoms with E-state index in [1.54, 1.807) is 0 Å². The second-order valence-electron chi connectivity index (χ2n) is 4.07. The smallest absolute Gasteiger partial charge is 0.350 e. The number of rotatable bonds is 6. The zero-order chi connectivity index (χ0) is 14.8. The van der Waals surface area contributed by atoms with Gasteiger partial charge in [-0.2, -0.15) is 5.10 Å². The first-order chi connectivity index (χ1) is 9.40. The minimum absolute atomic E-state index is 0.0497. The number of anilines is 1. The van der Waals surface area contributed by atoms with Crippen molar-refractivity contribution in [3.05, 3.63) is 18.2 Å². The molecule has 4 N–H and O–H groups in total. The van der Waals surface area contributed by atoms with Gasteiger partial charge in [0, 0.05) is 6.42 Å². The summed E-state index contributed by atoms with van der Waals surface area (Å²) in [4.78, 5) is 25.2. The van der Waals surface area contributed by atoms with Crippen molar-refractivity contribution in [2.45, 2.75) is 12.5 Å². The van der Waals surface area contributed by atoms with Crippen LogP contribution in [0.3, 0.4) is 0 Å². The normalized spacial score (nSPS) is 13.8. The van der Waals surface area contributed by atoms with E-state index in [0.29, 0.717) is 11.3 Å². The van der Waals surface area contributed by atoms with Crippen molar-refractivity contribution in [3.8, 4) is 0 Å². The van der Waals surface area contributed by atoms with E-state index >= 15 is 0 Å². The van der Waals surface area contributed by atoms with Gasteiger partial charge in [-0.3, -0.25) is 4.57 Å². The number of nitrogens with zero attached hydrogens (tertiary/aromatic N) is 4. The minimum Gasteiger partial charge on any atom is -0.381 e. The van der Waals surface area contributed by atoms with Gasteiger partial charge in [0.25, 0.3) is 0 Å². The van der Waals surface area contributed by atoms with Crippen LogP contribution in [0.15, 0.2) is 12.5 Å². The summed E-state index contributed by atoms with van der Waals surface area (Å²) in [5.74, 6) is 0.180. The highest BCUT2D eigenvalue weighted by atomic mass is 31.2. The predicted molar refractivity (Wildman–Crippen MR) is 66.7 cm³/mol. The molecule has 110 valence electrons. The number of ether oxygens (including phenoxy) is 1. The molecule has 0 aliphatic heterocycles. The maximum Gasteiger partial charge on any atom is 0.350 e. The molecule has 0 saturated heterocycles. The predicted octanol–water partition coefficient (Wildman–Crippen LogP) is -0.261. The molecule has 20 heavy (non-hydrogen) atoms. The molecule has 2 heterocycles. The van der Waals surface area contributed by atoms with Gasteiger partial charge in [0.1, 0.15) is 19.3 Å². The molecule has 0 spiro atoms. The van der Waals surface area contributed by atoms with Crippen molar-refractivity contribution in [2.24, 2.45) is 0 Å². The number of halogens is 1. The van der Waals surface area contributed by atoms with Gasteiger partial charge < -0.3 is 20.3 Å². The number of fused-ring (bicyclic) bond motifs is 1. The Morgan fingerprint density at radius 3 is 2.90 bits per heavy atom. The van der Waals surface area contributed by atoms with E-state index in [2.05, 4.69) is 15.1 Å². The third-order valence-corrected chi connectivity index (χ3v) is 2.97. The molecule has 0 fully saturated rings. The van der Waals surface area contributed by atoms with E-state index in [0.717, 1.165) is 0 Å². The van der Waals surface area contributed by atoms with Gasteiger partial charge in [-0.1, -0.05) is 0 Å². The zero-order valence-electron chi connectivity index (χ0n) is 10.3. The summed E-state index contributed by atoms with van der Waals surface area (Å²) < 4.78 is 29.8. The average Bonchev–Trinajstić information content (AvgIpc) is 2.78. The summed E-state index contributed by atoms with van der Waals surface area (Å²) in [6, 6.07) is 0. The molecule has 1 atom stereocenters. The van der Waals surface area contributed by atoms with Gasteiger partial charge in [0.05, 0.1) is 18.0 Å². The molecular formula is C9H13FN5O4P. The van der Waals surface area contributed by atoms with Crippen molar-refractivity contribution >= 4 is 19.1 Å². The van der Waals surface area contributed by atoms with E-state index in [-0.39, 0.29) is 12.2 Å². The van der Waals surface area contributed by atoms with Crippen LogP contribution in [0.1, 0.15) is 5.69 Å². The van der Waals surface area contributed by atoms with E-state index < -0.39 is 26.7 Å². The number of imidazole rings is 1. The second-order valence-corrected chi connectivity index (χ2v) is 5.66. The monoisotopic (exact) mass is 305 g/mol. The number of nitrogen functional groups attached to an aromatic ring is 1. The molecule has 2 aromatic heterocycles. The summed E-state index contributed by atoms with van der Waals surface area (Å²) in [7, 11) is -4.34. The molecule has 0 amide bonds. The Bertz CT molecular complexity index is 644. The fraction of sp³-hybridized carbons (Fsp3) is 0.444. The largest absolute Gasteiger partial charge is 0.381 e. The third-order valence-electron chi connectivity index (χ3n) is 2.49. The lowest BCUT2D eigenvalue weighted by molar-refractivity contribution is 0.0552. The Morgan fingerprint density at radius 2 is 2.25 bits per heavy atom. The highest BCUT2D eigenvalue weighted by molar-refractivity contribution is 7.51. The summed E-state index contributed by atoms with van der Waals surface area (Å²) in [5.41, 5.74) is 6.44. The highest BCUT2D eigenvalue weighted by Gasteiger charge is 2.20. The number of aromatic nitrogens is 4. The molecule has 2 aromatic rings. The summed E-state index contributed by atoms with van der Waals surface area (Å²) in [6.07, 6.45) is 0.876. The van der Waals surface area contributed by atoms with Crippen LogP contribution >= 0.6 is 7.60 Å². The van der Waals surface area contributed by atoms with Crippen LogP contribution in [0.5, 0.6) is 0 Å². The van der Waals surface area contributed by atoms with Gasteiger partial charge in [0.15, 0.2) is 11.5 Å². The van der Waals surface area contributed by atoms with Crippen LogP contribution in [0.2, 0.25) is 0 Å². The Hall–Kier alpha value is -1.61. The van der Waals surface area contributed by atoms with E-state index in [4.69, 9.17) is 20.3 Å². The molecule has 0 radical (unpaired) electrons. The molecule has 9 nitrogen and oxygen atoms in total. The third kappa shape index (κ3) is 3.48. The molecule has 1 unspecified atom stereocenters. The average molecular weight is 305 g/mol. The van der Waals surface area contributed by atoms with Crippen LogP contribution in [0.25, 0.3) is 5.65 Å². The number of alkyl halides is 1. The number of nitrogens with two attached hydrogens (primary N) is 1. The minimum atomic E-state index is -4.34. The quantitative estimate of drug-likeness (QED) is 0.621. The Kier molecular flexibility index (Phi) is 4.29. The van der Waals surface area contributed by atoms with Crippen molar-refractivity contribution in [1.29, 1.82) is 0 Å². The lowest BCUT2D eigenvalue weighted by Gasteiger charge is -2.14. The van der Waals surface area contributed by atoms with Crippen molar-refractivity contribution in [2.75, 3.05) is 18.8 Å². The lowest BCUT2D eigenvalue weighted by Crippen LogP contribution is -2.20. The molecule has 11 heteroatoms. The SMILES string of the molecule is Nc1ncnn2c(CC(CF)OCP(=O)(O)O)cnc12. The highest BCUT2D eigenvalue weighted by Crippen LogP contribution is 2.34. The number of hydrogen-bond acceptors (Lipinski definition) is 6. The Morgan fingerprint density at radius 1 is 1.50 bits per heavy atom. The molecule has 0 aliphatic carbocycles. The Balaban J connectivity index is 2.14. The van der Waals surface area contributed by atoms with Crippen LogP contribution in [-0.2, 0) is 15.7 Å². The van der Waals surface area contributed by atoms with Crippen LogP contribution < -0.4 is 5.73 Å². The molecule has 0 aliphatic rings. The van der Waals surface area contributed by atoms with Gasteiger partial charge >= 0.3 is 7.60 Å². The van der Waals surface area contributed by atoms with Gasteiger partial charge in [-0.05, 0) is 0 Å². The Labute approximate surface area is 112 Å². The molecule has 2 rings (SSSR count). The molecule has 0 saturated carbocycles. The number of hydrogen-bond donors (Lipinski definition) is 3. The first-order valence-electron chi connectivity index (χ1n) is 5.56. The second kappa shape index (κ2) is 5.80. The fourth-order valence-electron chi connectivity index (χ4n) is 1.61. The topological polar surface area (TPSA) is 136 Å². The van der Waals surface area contributed by atoms with Crippen LogP contribution in [0.4, 0.5) is 10.2 Å². The molecule has 0 bridgehead atoms. The van der Waals surface area contributed by atoms with Crippen LogP contribution in [0, 0.1) is 0 Å². The standard InChI is InChI=1S/C9H13FN5O4P/c10-2-7(19-5-20(16,17)18)1-6-3-12-9-8(11)13-4-14-15(6)9/h3-4,7H,1-2,5H2,(H2,11,13,14)(H2,16,17,18). The lowest BCUT2D eigenvalue weighted by atomic mass is 10.2. The van der Waals surface area contributed by atoms with Gasteiger partial charge in [-0.15, -0.1) is 0 Å². The molecular weight excluding hydrogens is 292 g/mol. The van der Waals surface area contributed by atoms with Crippen LogP contribution in [-0.4, -0.2) is 48.5 Å². The van der Waals surface area contributed by atoms with E-state index in [9.17, 15) is 8.96 Å².